The number of benzene rings is 2. The van der Waals surface area contributed by atoms with Crippen LogP contribution in [0.4, 0.5) is 10.1 Å². The highest BCUT2D eigenvalue weighted by Crippen LogP contribution is 2.23. The maximum atomic E-state index is 13.4. The molecule has 26 heavy (non-hydrogen) atoms. The summed E-state index contributed by atoms with van der Waals surface area (Å²) < 4.78 is 13.4. The summed E-state index contributed by atoms with van der Waals surface area (Å²) in [4.78, 5) is 14.5. The average molecular weight is 372 g/mol. The van der Waals surface area contributed by atoms with Crippen molar-refractivity contribution >= 4 is 23.2 Å². The Morgan fingerprint density at radius 2 is 2.19 bits per heavy atom. The standard InChI is InChI=1S/C20H19ClFN3O/c21-16-7-6-15(12-23)19(11-16)24-20(26)13-25-8-2-5-18(25)10-14-3-1-4-17(22)9-14/h1,3-4,6-7,9,11,18H,2,5,8,10,13H2,(H,24,26). The summed E-state index contributed by atoms with van der Waals surface area (Å²) in [5.74, 6) is -0.426. The van der Waals surface area contributed by atoms with Gasteiger partial charge >= 0.3 is 0 Å². The predicted octanol–water partition coefficient (Wildman–Crippen LogP) is 4.00. The Hall–Kier alpha value is -2.42. The Morgan fingerprint density at radius 3 is 2.96 bits per heavy atom. The number of amides is 1. The van der Waals surface area contributed by atoms with Gasteiger partial charge in [-0.25, -0.2) is 4.39 Å². The number of rotatable bonds is 5. The zero-order chi connectivity index (χ0) is 18.5. The molecule has 134 valence electrons. The molecule has 2 aromatic carbocycles. The van der Waals surface area contributed by atoms with Gasteiger partial charge in [0.1, 0.15) is 11.9 Å². The Labute approximate surface area is 157 Å². The first-order chi connectivity index (χ1) is 12.5. The van der Waals surface area contributed by atoms with Crippen LogP contribution in [-0.2, 0) is 11.2 Å². The molecular formula is C20H19ClFN3O. The summed E-state index contributed by atoms with van der Waals surface area (Å²) in [5.41, 5.74) is 1.73. The van der Waals surface area contributed by atoms with E-state index in [2.05, 4.69) is 10.2 Å². The van der Waals surface area contributed by atoms with E-state index in [1.807, 2.05) is 12.1 Å². The van der Waals surface area contributed by atoms with Crippen molar-refractivity contribution in [2.45, 2.75) is 25.3 Å². The molecule has 1 heterocycles. The molecule has 6 heteroatoms. The van der Waals surface area contributed by atoms with Gasteiger partial charge in [0.05, 0.1) is 17.8 Å². The van der Waals surface area contributed by atoms with Gasteiger partial charge in [0, 0.05) is 11.1 Å². The van der Waals surface area contributed by atoms with E-state index in [4.69, 9.17) is 16.9 Å². The maximum Gasteiger partial charge on any atom is 0.238 e. The van der Waals surface area contributed by atoms with Crippen LogP contribution in [0.2, 0.25) is 5.02 Å². The molecule has 0 aromatic heterocycles. The van der Waals surface area contributed by atoms with E-state index in [1.165, 1.54) is 6.07 Å². The minimum absolute atomic E-state index is 0.185. The molecule has 0 aliphatic carbocycles. The number of hydrogen-bond donors (Lipinski definition) is 1. The second kappa shape index (κ2) is 8.31. The predicted molar refractivity (Wildman–Crippen MR) is 99.5 cm³/mol. The lowest BCUT2D eigenvalue weighted by molar-refractivity contribution is -0.117. The third kappa shape index (κ3) is 4.60. The molecule has 0 saturated carbocycles. The van der Waals surface area contributed by atoms with Gasteiger partial charge in [0.2, 0.25) is 5.91 Å². The van der Waals surface area contributed by atoms with Gasteiger partial charge in [-0.1, -0.05) is 23.7 Å². The second-order valence-electron chi connectivity index (χ2n) is 6.45. The van der Waals surface area contributed by atoms with Crippen molar-refractivity contribution in [2.75, 3.05) is 18.4 Å². The van der Waals surface area contributed by atoms with Crippen LogP contribution in [0.25, 0.3) is 0 Å². The molecule has 1 atom stereocenters. The van der Waals surface area contributed by atoms with Crippen molar-refractivity contribution in [2.24, 2.45) is 0 Å². The number of carbonyl (C=O) groups is 1. The molecule has 4 nitrogen and oxygen atoms in total. The van der Waals surface area contributed by atoms with Crippen molar-refractivity contribution in [1.29, 1.82) is 5.26 Å². The summed E-state index contributed by atoms with van der Waals surface area (Å²) in [7, 11) is 0. The van der Waals surface area contributed by atoms with Crippen molar-refractivity contribution < 1.29 is 9.18 Å². The number of likely N-dealkylation sites (tertiary alicyclic amines) is 1. The Balaban J connectivity index is 1.63. The molecule has 1 aliphatic heterocycles. The number of nitriles is 1. The van der Waals surface area contributed by atoms with Crippen LogP contribution in [0.1, 0.15) is 24.0 Å². The van der Waals surface area contributed by atoms with E-state index in [9.17, 15) is 9.18 Å². The smallest absolute Gasteiger partial charge is 0.238 e. The molecule has 1 unspecified atom stereocenters. The Bertz CT molecular complexity index is 849. The van der Waals surface area contributed by atoms with Gasteiger partial charge in [0.25, 0.3) is 0 Å². The van der Waals surface area contributed by atoms with Crippen molar-refractivity contribution in [3.05, 3.63) is 64.4 Å². The van der Waals surface area contributed by atoms with Gasteiger partial charge in [-0.05, 0) is 61.7 Å². The van der Waals surface area contributed by atoms with Gasteiger partial charge in [-0.3, -0.25) is 9.69 Å². The molecule has 2 aromatic rings. The highest BCUT2D eigenvalue weighted by Gasteiger charge is 2.26. The minimum atomic E-state index is -0.241. The normalized spacial score (nSPS) is 17.0. The number of hydrogen-bond acceptors (Lipinski definition) is 3. The molecule has 1 amide bonds. The fourth-order valence-corrected chi connectivity index (χ4v) is 3.53. The number of nitrogens with one attached hydrogen (secondary N) is 1. The highest BCUT2D eigenvalue weighted by molar-refractivity contribution is 6.31. The molecule has 1 fully saturated rings. The van der Waals surface area contributed by atoms with E-state index in [-0.39, 0.29) is 24.3 Å². The van der Waals surface area contributed by atoms with Crippen LogP contribution in [0.15, 0.2) is 42.5 Å². The first kappa shape index (κ1) is 18.4. The first-order valence-corrected chi connectivity index (χ1v) is 8.91. The zero-order valence-electron chi connectivity index (χ0n) is 14.2. The van der Waals surface area contributed by atoms with Gasteiger partial charge < -0.3 is 5.32 Å². The molecule has 1 aliphatic rings. The molecular weight excluding hydrogens is 353 g/mol. The third-order valence-electron chi connectivity index (χ3n) is 4.58. The molecule has 3 rings (SSSR count). The monoisotopic (exact) mass is 371 g/mol. The van der Waals surface area contributed by atoms with Gasteiger partial charge in [-0.15, -0.1) is 0 Å². The topological polar surface area (TPSA) is 56.1 Å². The van der Waals surface area contributed by atoms with Crippen LogP contribution in [0.5, 0.6) is 0 Å². The van der Waals surface area contributed by atoms with Crippen LogP contribution in [0, 0.1) is 17.1 Å². The quantitative estimate of drug-likeness (QED) is 0.864. The molecule has 0 bridgehead atoms. The summed E-state index contributed by atoms with van der Waals surface area (Å²) in [5, 5.41) is 12.4. The van der Waals surface area contributed by atoms with E-state index >= 15 is 0 Å². The lowest BCUT2D eigenvalue weighted by Gasteiger charge is -2.24. The van der Waals surface area contributed by atoms with Crippen molar-refractivity contribution in [1.82, 2.24) is 4.90 Å². The van der Waals surface area contributed by atoms with E-state index < -0.39 is 0 Å². The lowest BCUT2D eigenvalue weighted by Crippen LogP contribution is -2.38. The summed E-state index contributed by atoms with van der Waals surface area (Å²) in [6.45, 7) is 1.06. The Morgan fingerprint density at radius 1 is 1.35 bits per heavy atom. The van der Waals surface area contributed by atoms with Crippen LogP contribution in [-0.4, -0.2) is 29.9 Å². The first-order valence-electron chi connectivity index (χ1n) is 8.53. The second-order valence-corrected chi connectivity index (χ2v) is 6.89. The Kier molecular flexibility index (Phi) is 5.87. The van der Waals surface area contributed by atoms with E-state index in [0.29, 0.717) is 22.7 Å². The SMILES string of the molecule is N#Cc1ccc(Cl)cc1NC(=O)CN1CCCC1Cc1cccc(F)c1. The largest absolute Gasteiger partial charge is 0.324 e. The van der Waals surface area contributed by atoms with Crippen LogP contribution in [0.3, 0.4) is 0 Å². The fraction of sp³-hybridized carbons (Fsp3) is 0.300. The van der Waals surface area contributed by atoms with E-state index in [0.717, 1.165) is 24.9 Å². The van der Waals surface area contributed by atoms with Crippen LogP contribution >= 0.6 is 11.6 Å². The van der Waals surface area contributed by atoms with Crippen molar-refractivity contribution in [3.8, 4) is 6.07 Å². The van der Waals surface area contributed by atoms with Crippen LogP contribution < -0.4 is 5.32 Å². The third-order valence-corrected chi connectivity index (χ3v) is 4.82. The fourth-order valence-electron chi connectivity index (χ4n) is 3.36. The summed E-state index contributed by atoms with van der Waals surface area (Å²) in [6.07, 6.45) is 2.70. The number of halogens is 2. The van der Waals surface area contributed by atoms with Gasteiger partial charge in [-0.2, -0.15) is 5.26 Å². The summed E-state index contributed by atoms with van der Waals surface area (Å²) >= 11 is 5.95. The molecule has 0 radical (unpaired) electrons. The van der Waals surface area contributed by atoms with E-state index in [1.54, 1.807) is 30.3 Å². The highest BCUT2D eigenvalue weighted by atomic mass is 35.5. The number of nitrogens with zero attached hydrogens (tertiary/aromatic N) is 2. The molecule has 1 N–H and O–H groups in total. The molecule has 0 spiro atoms. The molecule has 1 saturated heterocycles. The minimum Gasteiger partial charge on any atom is -0.324 e. The zero-order valence-corrected chi connectivity index (χ0v) is 15.0. The number of carbonyl (C=O) groups excluding carboxylic acids is 1. The average Bonchev–Trinajstić information content (AvgIpc) is 3.01. The van der Waals surface area contributed by atoms with Crippen molar-refractivity contribution in [3.63, 3.8) is 0 Å². The lowest BCUT2D eigenvalue weighted by atomic mass is 10.0. The summed E-state index contributed by atoms with van der Waals surface area (Å²) in [6, 6.07) is 13.6. The maximum absolute atomic E-state index is 13.4. The van der Waals surface area contributed by atoms with Gasteiger partial charge in [0.15, 0.2) is 0 Å². The number of anilines is 1.